The van der Waals surface area contributed by atoms with Crippen LogP contribution in [0, 0.1) is 19.8 Å². The lowest BCUT2D eigenvalue weighted by atomic mass is 9.96. The largest absolute Gasteiger partial charge is 0.481 e. The molecule has 2 nitrogen and oxygen atoms in total. The zero-order valence-corrected chi connectivity index (χ0v) is 8.87. The van der Waals surface area contributed by atoms with E-state index in [1.54, 1.807) is 6.92 Å². The molecule has 0 saturated heterocycles. The smallest absolute Gasteiger partial charge is 0.306 e. The third-order valence-corrected chi connectivity index (χ3v) is 2.45. The second kappa shape index (κ2) is 4.27. The molecular formula is C12H16O2. The van der Waals surface area contributed by atoms with Crippen LogP contribution in [-0.4, -0.2) is 11.1 Å². The molecule has 14 heavy (non-hydrogen) atoms. The molecule has 1 N–H and O–H groups in total. The Kier molecular flexibility index (Phi) is 3.28. The molecule has 0 aliphatic heterocycles. The summed E-state index contributed by atoms with van der Waals surface area (Å²) in [5.74, 6) is -1.04. The minimum absolute atomic E-state index is 0.310. The molecule has 0 radical (unpaired) electrons. The third kappa shape index (κ3) is 2.59. The zero-order chi connectivity index (χ0) is 10.7. The van der Waals surface area contributed by atoms with Crippen molar-refractivity contribution >= 4 is 5.97 Å². The molecule has 0 amide bonds. The predicted octanol–water partition coefficient (Wildman–Crippen LogP) is 2.57. The molecule has 0 aromatic heterocycles. The number of benzene rings is 1. The Balaban J connectivity index is 2.85. The maximum absolute atomic E-state index is 10.7. The predicted molar refractivity (Wildman–Crippen MR) is 56.4 cm³/mol. The molecule has 0 aliphatic rings. The first kappa shape index (κ1) is 10.8. The van der Waals surface area contributed by atoms with Gasteiger partial charge in [0.15, 0.2) is 0 Å². The number of carbonyl (C=O) groups is 1. The summed E-state index contributed by atoms with van der Waals surface area (Å²) in [6, 6.07) is 6.15. The van der Waals surface area contributed by atoms with Gasteiger partial charge in [0.2, 0.25) is 0 Å². The van der Waals surface area contributed by atoms with Gasteiger partial charge in [0, 0.05) is 0 Å². The first-order valence-electron chi connectivity index (χ1n) is 4.79. The van der Waals surface area contributed by atoms with E-state index in [1.807, 2.05) is 26.0 Å². The van der Waals surface area contributed by atoms with Gasteiger partial charge in [-0.3, -0.25) is 4.79 Å². The number of hydrogen-bond acceptors (Lipinski definition) is 1. The Morgan fingerprint density at radius 2 is 2.07 bits per heavy atom. The standard InChI is InChI=1S/C12H16O2/c1-8-4-5-9(2)11(6-8)7-10(3)12(13)14/h4-6,10H,7H2,1-3H3,(H,13,14). The van der Waals surface area contributed by atoms with Crippen molar-refractivity contribution in [2.45, 2.75) is 27.2 Å². The summed E-state index contributed by atoms with van der Waals surface area (Å²) in [7, 11) is 0. The van der Waals surface area contributed by atoms with E-state index in [-0.39, 0.29) is 5.92 Å². The van der Waals surface area contributed by atoms with Gasteiger partial charge in [-0.1, -0.05) is 30.7 Å². The van der Waals surface area contributed by atoms with Crippen LogP contribution in [0.2, 0.25) is 0 Å². The molecular weight excluding hydrogens is 176 g/mol. The van der Waals surface area contributed by atoms with Crippen LogP contribution in [0.5, 0.6) is 0 Å². The highest BCUT2D eigenvalue weighted by atomic mass is 16.4. The van der Waals surface area contributed by atoms with Crippen LogP contribution in [0.4, 0.5) is 0 Å². The molecule has 1 aromatic rings. The van der Waals surface area contributed by atoms with Gasteiger partial charge in [-0.05, 0) is 31.4 Å². The maximum Gasteiger partial charge on any atom is 0.306 e. The Hall–Kier alpha value is -1.31. The van der Waals surface area contributed by atoms with Gasteiger partial charge < -0.3 is 5.11 Å². The molecule has 0 fully saturated rings. The fourth-order valence-corrected chi connectivity index (χ4v) is 1.44. The lowest BCUT2D eigenvalue weighted by Gasteiger charge is -2.09. The molecule has 0 heterocycles. The highest BCUT2D eigenvalue weighted by molar-refractivity contribution is 5.70. The SMILES string of the molecule is Cc1ccc(C)c(CC(C)C(=O)O)c1. The number of carboxylic acids is 1. The van der Waals surface area contributed by atoms with E-state index in [2.05, 4.69) is 6.07 Å². The average molecular weight is 192 g/mol. The minimum Gasteiger partial charge on any atom is -0.481 e. The van der Waals surface area contributed by atoms with Crippen molar-refractivity contribution < 1.29 is 9.90 Å². The molecule has 0 bridgehead atoms. The lowest BCUT2D eigenvalue weighted by Crippen LogP contribution is -2.12. The van der Waals surface area contributed by atoms with Crippen LogP contribution in [0.25, 0.3) is 0 Å². The van der Waals surface area contributed by atoms with Crippen molar-refractivity contribution in [2.24, 2.45) is 5.92 Å². The molecule has 1 aromatic carbocycles. The van der Waals surface area contributed by atoms with Gasteiger partial charge in [0.25, 0.3) is 0 Å². The summed E-state index contributed by atoms with van der Waals surface area (Å²) >= 11 is 0. The van der Waals surface area contributed by atoms with E-state index in [4.69, 9.17) is 5.11 Å². The van der Waals surface area contributed by atoms with Crippen LogP contribution in [-0.2, 0) is 11.2 Å². The fourth-order valence-electron chi connectivity index (χ4n) is 1.44. The molecule has 0 aliphatic carbocycles. The summed E-state index contributed by atoms with van der Waals surface area (Å²) in [4.78, 5) is 10.7. The summed E-state index contributed by atoms with van der Waals surface area (Å²) < 4.78 is 0. The second-order valence-corrected chi connectivity index (χ2v) is 3.87. The minimum atomic E-state index is -0.731. The average Bonchev–Trinajstić information content (AvgIpc) is 2.11. The highest BCUT2D eigenvalue weighted by Gasteiger charge is 2.12. The van der Waals surface area contributed by atoms with E-state index < -0.39 is 5.97 Å². The summed E-state index contributed by atoms with van der Waals surface area (Å²) in [5.41, 5.74) is 3.49. The lowest BCUT2D eigenvalue weighted by molar-refractivity contribution is -0.141. The van der Waals surface area contributed by atoms with E-state index in [1.165, 1.54) is 11.1 Å². The van der Waals surface area contributed by atoms with Crippen LogP contribution >= 0.6 is 0 Å². The monoisotopic (exact) mass is 192 g/mol. The Morgan fingerprint density at radius 1 is 1.43 bits per heavy atom. The third-order valence-electron chi connectivity index (χ3n) is 2.45. The van der Waals surface area contributed by atoms with Gasteiger partial charge in [-0.15, -0.1) is 0 Å². The van der Waals surface area contributed by atoms with Crippen LogP contribution in [0.3, 0.4) is 0 Å². The normalized spacial score (nSPS) is 12.5. The van der Waals surface area contributed by atoms with Crippen molar-refractivity contribution in [1.29, 1.82) is 0 Å². The zero-order valence-electron chi connectivity index (χ0n) is 8.87. The number of rotatable bonds is 3. The van der Waals surface area contributed by atoms with Crippen molar-refractivity contribution in [3.8, 4) is 0 Å². The van der Waals surface area contributed by atoms with E-state index in [9.17, 15) is 4.79 Å². The van der Waals surface area contributed by atoms with Gasteiger partial charge in [-0.25, -0.2) is 0 Å². The fraction of sp³-hybridized carbons (Fsp3) is 0.417. The van der Waals surface area contributed by atoms with Crippen molar-refractivity contribution in [2.75, 3.05) is 0 Å². The van der Waals surface area contributed by atoms with Gasteiger partial charge in [-0.2, -0.15) is 0 Å². The first-order chi connectivity index (χ1) is 6.50. The molecule has 1 rings (SSSR count). The molecule has 0 spiro atoms. The van der Waals surface area contributed by atoms with E-state index in [0.29, 0.717) is 6.42 Å². The van der Waals surface area contributed by atoms with Crippen molar-refractivity contribution in [1.82, 2.24) is 0 Å². The van der Waals surface area contributed by atoms with Crippen LogP contribution in [0.15, 0.2) is 18.2 Å². The van der Waals surface area contributed by atoms with Crippen LogP contribution < -0.4 is 0 Å². The van der Waals surface area contributed by atoms with Crippen molar-refractivity contribution in [3.05, 3.63) is 34.9 Å². The van der Waals surface area contributed by atoms with Gasteiger partial charge in [0.1, 0.15) is 0 Å². The Bertz CT molecular complexity index is 342. The number of carboxylic acid groups (broad SMARTS) is 1. The molecule has 1 atom stereocenters. The number of aryl methyl sites for hydroxylation is 2. The first-order valence-corrected chi connectivity index (χ1v) is 4.79. The second-order valence-electron chi connectivity index (χ2n) is 3.87. The Morgan fingerprint density at radius 3 is 2.64 bits per heavy atom. The quantitative estimate of drug-likeness (QED) is 0.799. The number of hydrogen-bond donors (Lipinski definition) is 1. The maximum atomic E-state index is 10.7. The van der Waals surface area contributed by atoms with E-state index in [0.717, 1.165) is 5.56 Å². The van der Waals surface area contributed by atoms with E-state index >= 15 is 0 Å². The molecule has 0 saturated carbocycles. The molecule has 76 valence electrons. The van der Waals surface area contributed by atoms with Gasteiger partial charge in [0.05, 0.1) is 5.92 Å². The summed E-state index contributed by atoms with van der Waals surface area (Å²) in [5, 5.41) is 8.80. The topological polar surface area (TPSA) is 37.3 Å². The highest BCUT2D eigenvalue weighted by Crippen LogP contribution is 2.15. The number of aliphatic carboxylic acids is 1. The van der Waals surface area contributed by atoms with Crippen molar-refractivity contribution in [3.63, 3.8) is 0 Å². The van der Waals surface area contributed by atoms with Gasteiger partial charge >= 0.3 is 5.97 Å². The summed E-state index contributed by atoms with van der Waals surface area (Å²) in [6.45, 7) is 5.78. The molecule has 1 unspecified atom stereocenters. The van der Waals surface area contributed by atoms with Crippen LogP contribution in [0.1, 0.15) is 23.6 Å². The summed E-state index contributed by atoms with van der Waals surface area (Å²) in [6.07, 6.45) is 0.614. The molecule has 2 heteroatoms. The Labute approximate surface area is 84.6 Å².